The molecule has 0 bridgehead atoms. The Morgan fingerprint density at radius 1 is 1.00 bits per heavy atom. The van der Waals surface area contributed by atoms with Gasteiger partial charge in [-0.3, -0.25) is 0 Å². The summed E-state index contributed by atoms with van der Waals surface area (Å²) in [4.78, 5) is 0. The van der Waals surface area contributed by atoms with Gasteiger partial charge < -0.3 is 5.11 Å². The van der Waals surface area contributed by atoms with Gasteiger partial charge in [-0.15, -0.1) is 0 Å². The van der Waals surface area contributed by atoms with Crippen LogP contribution in [0.5, 0.6) is 0 Å². The lowest BCUT2D eigenvalue weighted by Gasteiger charge is -2.04. The second-order valence-corrected chi connectivity index (χ2v) is 3.68. The van der Waals surface area contributed by atoms with Crippen LogP contribution < -0.4 is 0 Å². The highest BCUT2D eigenvalue weighted by Crippen LogP contribution is 2.21. The van der Waals surface area contributed by atoms with Gasteiger partial charge in [-0.05, 0) is 28.3 Å². The van der Waals surface area contributed by atoms with Crippen molar-refractivity contribution in [2.24, 2.45) is 0 Å². The standard InChI is InChI=1S/C15H14O/c1-2-12-4-3-5-15(10-12)14-8-6-13(11-16)7-9-14/h2-10,16H,1,11H2. The van der Waals surface area contributed by atoms with Gasteiger partial charge in [0, 0.05) is 0 Å². The van der Waals surface area contributed by atoms with Crippen molar-refractivity contribution in [2.45, 2.75) is 6.61 Å². The maximum Gasteiger partial charge on any atom is 0.0681 e. The molecule has 0 aromatic heterocycles. The summed E-state index contributed by atoms with van der Waals surface area (Å²) in [7, 11) is 0. The highest BCUT2D eigenvalue weighted by atomic mass is 16.3. The topological polar surface area (TPSA) is 20.2 Å². The van der Waals surface area contributed by atoms with Crippen LogP contribution in [0.4, 0.5) is 0 Å². The van der Waals surface area contributed by atoms with Gasteiger partial charge in [0.15, 0.2) is 0 Å². The van der Waals surface area contributed by atoms with Crippen LogP contribution in [0.1, 0.15) is 11.1 Å². The SMILES string of the molecule is C=Cc1cccc(-c2ccc(CO)cc2)c1. The van der Waals surface area contributed by atoms with E-state index < -0.39 is 0 Å². The van der Waals surface area contributed by atoms with Gasteiger partial charge in [-0.2, -0.15) is 0 Å². The molecule has 0 radical (unpaired) electrons. The molecule has 0 amide bonds. The molecule has 0 heterocycles. The van der Waals surface area contributed by atoms with Gasteiger partial charge in [0.25, 0.3) is 0 Å². The number of aliphatic hydroxyl groups excluding tert-OH is 1. The van der Waals surface area contributed by atoms with Crippen LogP contribution in [0.25, 0.3) is 17.2 Å². The molecule has 0 spiro atoms. The average Bonchev–Trinajstić information content (AvgIpc) is 2.39. The minimum atomic E-state index is 0.0903. The van der Waals surface area contributed by atoms with E-state index in [-0.39, 0.29) is 6.61 Å². The summed E-state index contributed by atoms with van der Waals surface area (Å²) in [5.41, 5.74) is 4.37. The number of aliphatic hydroxyl groups is 1. The molecule has 0 saturated heterocycles. The van der Waals surface area contributed by atoms with E-state index in [1.54, 1.807) is 0 Å². The monoisotopic (exact) mass is 210 g/mol. The van der Waals surface area contributed by atoms with Crippen molar-refractivity contribution in [1.29, 1.82) is 0 Å². The minimum Gasteiger partial charge on any atom is -0.392 e. The Kier molecular flexibility index (Phi) is 3.18. The lowest BCUT2D eigenvalue weighted by atomic mass is 10.0. The molecule has 0 unspecified atom stereocenters. The maximum atomic E-state index is 8.97. The third-order valence-electron chi connectivity index (χ3n) is 2.59. The summed E-state index contributed by atoms with van der Waals surface area (Å²) >= 11 is 0. The second kappa shape index (κ2) is 4.77. The van der Waals surface area contributed by atoms with E-state index in [1.165, 1.54) is 5.56 Å². The van der Waals surface area contributed by atoms with E-state index in [0.29, 0.717) is 0 Å². The smallest absolute Gasteiger partial charge is 0.0681 e. The Balaban J connectivity index is 2.38. The molecule has 80 valence electrons. The van der Waals surface area contributed by atoms with Gasteiger partial charge in [0.1, 0.15) is 0 Å². The van der Waals surface area contributed by atoms with E-state index in [9.17, 15) is 0 Å². The van der Waals surface area contributed by atoms with E-state index in [0.717, 1.165) is 16.7 Å². The Bertz CT molecular complexity index is 483. The summed E-state index contributed by atoms with van der Waals surface area (Å²) in [5, 5.41) is 8.97. The molecule has 0 aliphatic heterocycles. The Labute approximate surface area is 95.7 Å². The number of rotatable bonds is 3. The van der Waals surface area contributed by atoms with Gasteiger partial charge in [0.2, 0.25) is 0 Å². The molecule has 0 atom stereocenters. The van der Waals surface area contributed by atoms with Crippen molar-refractivity contribution < 1.29 is 5.11 Å². The normalized spacial score (nSPS) is 10.1. The van der Waals surface area contributed by atoms with Crippen LogP contribution >= 0.6 is 0 Å². The first-order chi connectivity index (χ1) is 7.83. The van der Waals surface area contributed by atoms with Gasteiger partial charge in [-0.1, -0.05) is 55.1 Å². The Morgan fingerprint density at radius 3 is 2.38 bits per heavy atom. The molecular formula is C15H14O. The highest BCUT2D eigenvalue weighted by Gasteiger charge is 1.98. The van der Waals surface area contributed by atoms with Crippen molar-refractivity contribution in [1.82, 2.24) is 0 Å². The van der Waals surface area contributed by atoms with Crippen LogP contribution in [-0.2, 0) is 6.61 Å². The summed E-state index contributed by atoms with van der Waals surface area (Å²) < 4.78 is 0. The van der Waals surface area contributed by atoms with Crippen LogP contribution in [0.15, 0.2) is 55.1 Å². The maximum absolute atomic E-state index is 8.97. The van der Waals surface area contributed by atoms with Gasteiger partial charge in [-0.25, -0.2) is 0 Å². The second-order valence-electron chi connectivity index (χ2n) is 3.68. The fourth-order valence-corrected chi connectivity index (χ4v) is 1.65. The molecule has 2 rings (SSSR count). The molecule has 2 aromatic rings. The minimum absolute atomic E-state index is 0.0903. The molecule has 0 fully saturated rings. The Hall–Kier alpha value is -1.86. The zero-order valence-corrected chi connectivity index (χ0v) is 9.06. The quantitative estimate of drug-likeness (QED) is 0.822. The predicted molar refractivity (Wildman–Crippen MR) is 67.9 cm³/mol. The molecule has 0 saturated carbocycles. The molecule has 1 N–H and O–H groups in total. The molecule has 16 heavy (non-hydrogen) atoms. The summed E-state index contributed by atoms with van der Waals surface area (Å²) in [6.45, 7) is 3.85. The molecule has 2 aromatic carbocycles. The average molecular weight is 210 g/mol. The Morgan fingerprint density at radius 2 is 1.75 bits per heavy atom. The molecule has 0 aliphatic carbocycles. The molecule has 0 aliphatic rings. The lowest BCUT2D eigenvalue weighted by Crippen LogP contribution is -1.83. The molecule has 1 nitrogen and oxygen atoms in total. The lowest BCUT2D eigenvalue weighted by molar-refractivity contribution is 0.282. The number of hydrogen-bond donors (Lipinski definition) is 1. The van der Waals surface area contributed by atoms with Crippen molar-refractivity contribution >= 4 is 6.08 Å². The van der Waals surface area contributed by atoms with Crippen molar-refractivity contribution in [3.05, 3.63) is 66.2 Å². The zero-order chi connectivity index (χ0) is 11.4. The predicted octanol–water partition coefficient (Wildman–Crippen LogP) is 3.49. The van der Waals surface area contributed by atoms with E-state index in [1.807, 2.05) is 42.5 Å². The van der Waals surface area contributed by atoms with Crippen LogP contribution in [0.2, 0.25) is 0 Å². The number of hydrogen-bond acceptors (Lipinski definition) is 1. The fourth-order valence-electron chi connectivity index (χ4n) is 1.65. The molecular weight excluding hydrogens is 196 g/mol. The van der Waals surface area contributed by atoms with Gasteiger partial charge >= 0.3 is 0 Å². The zero-order valence-electron chi connectivity index (χ0n) is 9.06. The third kappa shape index (κ3) is 2.20. The van der Waals surface area contributed by atoms with Crippen LogP contribution in [0, 0.1) is 0 Å². The van der Waals surface area contributed by atoms with Gasteiger partial charge in [0.05, 0.1) is 6.61 Å². The fraction of sp³-hybridized carbons (Fsp3) is 0.0667. The highest BCUT2D eigenvalue weighted by molar-refractivity contribution is 5.67. The number of benzene rings is 2. The van der Waals surface area contributed by atoms with E-state index >= 15 is 0 Å². The first-order valence-corrected chi connectivity index (χ1v) is 5.26. The third-order valence-corrected chi connectivity index (χ3v) is 2.59. The molecule has 1 heteroatoms. The summed E-state index contributed by atoms with van der Waals surface area (Å²) in [6, 6.07) is 16.1. The van der Waals surface area contributed by atoms with E-state index in [2.05, 4.69) is 18.7 Å². The van der Waals surface area contributed by atoms with Crippen LogP contribution in [-0.4, -0.2) is 5.11 Å². The van der Waals surface area contributed by atoms with Crippen molar-refractivity contribution in [3.8, 4) is 11.1 Å². The summed E-state index contributed by atoms with van der Waals surface area (Å²) in [5.74, 6) is 0. The first-order valence-electron chi connectivity index (χ1n) is 5.26. The largest absolute Gasteiger partial charge is 0.392 e. The summed E-state index contributed by atoms with van der Waals surface area (Å²) in [6.07, 6.45) is 1.84. The van der Waals surface area contributed by atoms with E-state index in [4.69, 9.17) is 5.11 Å². The van der Waals surface area contributed by atoms with Crippen molar-refractivity contribution in [3.63, 3.8) is 0 Å². The van der Waals surface area contributed by atoms with Crippen LogP contribution in [0.3, 0.4) is 0 Å². The first kappa shape index (κ1) is 10.7. The van der Waals surface area contributed by atoms with Crippen molar-refractivity contribution in [2.75, 3.05) is 0 Å².